The molecule has 1 heterocycles. The van der Waals surface area contributed by atoms with Crippen molar-refractivity contribution in [3.05, 3.63) is 0 Å². The van der Waals surface area contributed by atoms with Gasteiger partial charge in [0.05, 0.1) is 0 Å². The largest absolute Gasteiger partial charge is 0.316 e. The van der Waals surface area contributed by atoms with E-state index >= 15 is 0 Å². The summed E-state index contributed by atoms with van der Waals surface area (Å²) in [4.78, 5) is 2.70. The van der Waals surface area contributed by atoms with E-state index in [-0.39, 0.29) is 0 Å². The molecular formula is C13H26N2. The highest BCUT2D eigenvalue weighted by Gasteiger charge is 2.35. The number of rotatable bonds is 5. The highest BCUT2D eigenvalue weighted by atomic mass is 15.1. The second-order valence-corrected chi connectivity index (χ2v) is 5.47. The van der Waals surface area contributed by atoms with Crippen molar-refractivity contribution < 1.29 is 0 Å². The first kappa shape index (κ1) is 11.4. The van der Waals surface area contributed by atoms with Gasteiger partial charge in [-0.25, -0.2) is 0 Å². The highest BCUT2D eigenvalue weighted by Crippen LogP contribution is 2.38. The molecule has 2 rings (SSSR count). The van der Waals surface area contributed by atoms with Crippen molar-refractivity contribution in [1.29, 1.82) is 0 Å². The van der Waals surface area contributed by atoms with Crippen LogP contribution in [0.1, 0.15) is 45.4 Å². The van der Waals surface area contributed by atoms with Crippen LogP contribution < -0.4 is 5.32 Å². The summed E-state index contributed by atoms with van der Waals surface area (Å²) in [7, 11) is 0. The molecule has 0 spiro atoms. The molecule has 1 aliphatic carbocycles. The number of nitrogens with one attached hydrogen (secondary N) is 1. The van der Waals surface area contributed by atoms with Gasteiger partial charge in [0.2, 0.25) is 0 Å². The van der Waals surface area contributed by atoms with Crippen LogP contribution in [-0.4, -0.2) is 37.6 Å². The van der Waals surface area contributed by atoms with Gasteiger partial charge >= 0.3 is 0 Å². The maximum absolute atomic E-state index is 3.58. The molecular weight excluding hydrogens is 184 g/mol. The number of nitrogens with zero attached hydrogens (tertiary/aromatic N) is 1. The summed E-state index contributed by atoms with van der Waals surface area (Å²) in [5.74, 6) is 0. The molecule has 1 saturated heterocycles. The molecule has 0 aromatic heterocycles. The van der Waals surface area contributed by atoms with Crippen molar-refractivity contribution in [2.24, 2.45) is 5.41 Å². The standard InChI is InChI=1S/C13H26N2/c1-2-14-11-13(7-3-4-8-13)12-15-9-5-6-10-15/h14H,2-12H2,1H3. The van der Waals surface area contributed by atoms with E-state index in [2.05, 4.69) is 17.1 Å². The van der Waals surface area contributed by atoms with Crippen molar-refractivity contribution >= 4 is 0 Å². The second-order valence-electron chi connectivity index (χ2n) is 5.47. The van der Waals surface area contributed by atoms with Crippen LogP contribution in [0.15, 0.2) is 0 Å². The Labute approximate surface area is 94.4 Å². The van der Waals surface area contributed by atoms with E-state index in [0.717, 1.165) is 6.54 Å². The van der Waals surface area contributed by atoms with E-state index in [1.54, 1.807) is 0 Å². The molecule has 2 aliphatic rings. The molecule has 88 valence electrons. The Balaban J connectivity index is 1.86. The van der Waals surface area contributed by atoms with Crippen LogP contribution in [0.3, 0.4) is 0 Å². The lowest BCUT2D eigenvalue weighted by molar-refractivity contribution is 0.173. The van der Waals surface area contributed by atoms with Gasteiger partial charge in [0.15, 0.2) is 0 Å². The Kier molecular flexibility index (Phi) is 4.04. The number of hydrogen-bond donors (Lipinski definition) is 1. The van der Waals surface area contributed by atoms with Crippen molar-refractivity contribution in [3.8, 4) is 0 Å². The lowest BCUT2D eigenvalue weighted by Crippen LogP contribution is -2.41. The van der Waals surface area contributed by atoms with Crippen molar-refractivity contribution in [1.82, 2.24) is 10.2 Å². The average molecular weight is 210 g/mol. The first-order chi connectivity index (χ1) is 7.35. The minimum absolute atomic E-state index is 0.625. The van der Waals surface area contributed by atoms with Crippen molar-refractivity contribution in [2.45, 2.75) is 45.4 Å². The summed E-state index contributed by atoms with van der Waals surface area (Å²) in [6, 6.07) is 0. The SMILES string of the molecule is CCNCC1(CN2CCCC2)CCCC1. The maximum atomic E-state index is 3.58. The van der Waals surface area contributed by atoms with Gasteiger partial charge in [-0.2, -0.15) is 0 Å². The van der Waals surface area contributed by atoms with Gasteiger partial charge in [-0.15, -0.1) is 0 Å². The van der Waals surface area contributed by atoms with Crippen LogP contribution in [0.25, 0.3) is 0 Å². The summed E-state index contributed by atoms with van der Waals surface area (Å²) in [6.45, 7) is 8.67. The Morgan fingerprint density at radius 2 is 1.73 bits per heavy atom. The summed E-state index contributed by atoms with van der Waals surface area (Å²) in [5, 5.41) is 3.58. The van der Waals surface area contributed by atoms with Crippen LogP contribution in [0.5, 0.6) is 0 Å². The van der Waals surface area contributed by atoms with Crippen molar-refractivity contribution in [2.75, 3.05) is 32.7 Å². The van der Waals surface area contributed by atoms with Crippen LogP contribution >= 0.6 is 0 Å². The summed E-state index contributed by atoms with van der Waals surface area (Å²) < 4.78 is 0. The summed E-state index contributed by atoms with van der Waals surface area (Å²) in [5.41, 5.74) is 0.625. The summed E-state index contributed by atoms with van der Waals surface area (Å²) in [6.07, 6.45) is 8.68. The van der Waals surface area contributed by atoms with E-state index in [1.807, 2.05) is 0 Å². The maximum Gasteiger partial charge on any atom is 0.00501 e. The Morgan fingerprint density at radius 3 is 2.33 bits per heavy atom. The molecule has 1 N–H and O–H groups in total. The lowest BCUT2D eigenvalue weighted by Gasteiger charge is -2.33. The Hall–Kier alpha value is -0.0800. The Morgan fingerprint density at radius 1 is 1.07 bits per heavy atom. The van der Waals surface area contributed by atoms with E-state index in [4.69, 9.17) is 0 Å². The fourth-order valence-corrected chi connectivity index (χ4v) is 3.32. The normalized spacial score (nSPS) is 26.2. The van der Waals surface area contributed by atoms with E-state index in [9.17, 15) is 0 Å². The van der Waals surface area contributed by atoms with Crippen molar-refractivity contribution in [3.63, 3.8) is 0 Å². The molecule has 2 fully saturated rings. The zero-order chi connectivity index (χ0) is 10.6. The average Bonchev–Trinajstić information content (AvgIpc) is 2.88. The molecule has 1 saturated carbocycles. The smallest absolute Gasteiger partial charge is 0.00501 e. The second kappa shape index (κ2) is 5.31. The van der Waals surface area contributed by atoms with E-state index < -0.39 is 0 Å². The molecule has 0 radical (unpaired) electrons. The van der Waals surface area contributed by atoms with Gasteiger partial charge in [-0.3, -0.25) is 0 Å². The van der Waals surface area contributed by atoms with Gasteiger partial charge in [0.25, 0.3) is 0 Å². The molecule has 0 amide bonds. The minimum Gasteiger partial charge on any atom is -0.316 e. The van der Waals surface area contributed by atoms with Gasteiger partial charge in [0, 0.05) is 13.1 Å². The predicted molar refractivity (Wildman–Crippen MR) is 65.1 cm³/mol. The molecule has 0 aromatic rings. The molecule has 2 nitrogen and oxygen atoms in total. The van der Waals surface area contributed by atoms with E-state index in [1.165, 1.54) is 64.7 Å². The van der Waals surface area contributed by atoms with Gasteiger partial charge in [-0.1, -0.05) is 19.8 Å². The van der Waals surface area contributed by atoms with Gasteiger partial charge in [-0.05, 0) is 50.7 Å². The summed E-state index contributed by atoms with van der Waals surface area (Å²) >= 11 is 0. The molecule has 1 aliphatic heterocycles. The molecule has 15 heavy (non-hydrogen) atoms. The van der Waals surface area contributed by atoms with Crippen LogP contribution in [0.2, 0.25) is 0 Å². The lowest BCUT2D eigenvalue weighted by atomic mass is 9.85. The first-order valence-electron chi connectivity index (χ1n) is 6.78. The molecule has 2 heteroatoms. The monoisotopic (exact) mass is 210 g/mol. The number of hydrogen-bond acceptors (Lipinski definition) is 2. The number of likely N-dealkylation sites (tertiary alicyclic amines) is 1. The van der Waals surface area contributed by atoms with Gasteiger partial charge < -0.3 is 10.2 Å². The molecule has 0 aromatic carbocycles. The van der Waals surface area contributed by atoms with Crippen LogP contribution in [0.4, 0.5) is 0 Å². The van der Waals surface area contributed by atoms with E-state index in [0.29, 0.717) is 5.41 Å². The third-order valence-electron chi connectivity index (χ3n) is 4.17. The Bertz CT molecular complexity index is 179. The highest BCUT2D eigenvalue weighted by molar-refractivity contribution is 4.90. The van der Waals surface area contributed by atoms with Gasteiger partial charge in [0.1, 0.15) is 0 Å². The first-order valence-corrected chi connectivity index (χ1v) is 6.78. The fourth-order valence-electron chi connectivity index (χ4n) is 3.32. The van der Waals surface area contributed by atoms with Crippen LogP contribution in [-0.2, 0) is 0 Å². The molecule has 0 bridgehead atoms. The van der Waals surface area contributed by atoms with Crippen LogP contribution in [0, 0.1) is 5.41 Å². The topological polar surface area (TPSA) is 15.3 Å². The molecule has 0 atom stereocenters. The fraction of sp³-hybridized carbons (Fsp3) is 1.00. The minimum atomic E-state index is 0.625. The third kappa shape index (κ3) is 2.94. The molecule has 0 unspecified atom stereocenters. The zero-order valence-corrected chi connectivity index (χ0v) is 10.2. The quantitative estimate of drug-likeness (QED) is 0.749. The third-order valence-corrected chi connectivity index (χ3v) is 4.17. The predicted octanol–water partition coefficient (Wildman–Crippen LogP) is 2.25. The zero-order valence-electron chi connectivity index (χ0n) is 10.2.